The summed E-state index contributed by atoms with van der Waals surface area (Å²) in [5.41, 5.74) is 3.28. The van der Waals surface area contributed by atoms with Crippen molar-refractivity contribution in [3.8, 4) is 0 Å². The first kappa shape index (κ1) is 14.6. The van der Waals surface area contributed by atoms with Gasteiger partial charge in [0, 0.05) is 24.2 Å². The van der Waals surface area contributed by atoms with Crippen LogP contribution in [0.1, 0.15) is 17.7 Å². The molecule has 0 unspecified atom stereocenters. The van der Waals surface area contributed by atoms with E-state index in [1.807, 2.05) is 13.1 Å². The van der Waals surface area contributed by atoms with E-state index in [0.717, 1.165) is 30.8 Å². The van der Waals surface area contributed by atoms with Crippen LogP contribution in [0.4, 0.5) is 5.69 Å². The molecule has 1 aromatic carbocycles. The number of anilines is 1. The maximum Gasteiger partial charge on any atom is 0.175 e. The van der Waals surface area contributed by atoms with Crippen LogP contribution in [0.15, 0.2) is 35.4 Å². The van der Waals surface area contributed by atoms with Gasteiger partial charge in [-0.15, -0.1) is 0 Å². The highest BCUT2D eigenvalue weighted by Crippen LogP contribution is 2.14. The van der Waals surface area contributed by atoms with Crippen molar-refractivity contribution in [3.05, 3.63) is 41.7 Å². The summed E-state index contributed by atoms with van der Waals surface area (Å²) in [6, 6.07) is 6.83. The van der Waals surface area contributed by atoms with Gasteiger partial charge in [0.05, 0.1) is 11.1 Å². The molecule has 2 rings (SSSR count). The third-order valence-corrected chi connectivity index (χ3v) is 4.30. The van der Waals surface area contributed by atoms with Gasteiger partial charge in [-0.05, 0) is 49.6 Å². The largest absolute Gasteiger partial charge is 0.385 e. The molecule has 0 radical (unpaired) electrons. The minimum atomic E-state index is -3.12. The number of sulfone groups is 1. The van der Waals surface area contributed by atoms with Crippen LogP contribution < -0.4 is 5.32 Å². The van der Waals surface area contributed by atoms with Crippen LogP contribution in [0.25, 0.3) is 0 Å². The molecule has 0 atom stereocenters. The summed E-state index contributed by atoms with van der Waals surface area (Å²) in [4.78, 5) is 0.345. The Balaban J connectivity index is 1.81. The lowest BCUT2D eigenvalue weighted by Crippen LogP contribution is -2.04. The Labute approximate surface area is 119 Å². The average molecular weight is 293 g/mol. The molecule has 5 nitrogen and oxygen atoms in total. The SMILES string of the molecule is Cc1[nH]ncc1CCCNc1ccc(S(C)(=O)=O)cc1. The Bertz CT molecular complexity index is 660. The predicted molar refractivity (Wildman–Crippen MR) is 79.7 cm³/mol. The lowest BCUT2D eigenvalue weighted by molar-refractivity contribution is 0.602. The topological polar surface area (TPSA) is 74.8 Å². The monoisotopic (exact) mass is 293 g/mol. The van der Waals surface area contributed by atoms with E-state index in [0.29, 0.717) is 4.90 Å². The Morgan fingerprint density at radius 1 is 1.25 bits per heavy atom. The van der Waals surface area contributed by atoms with Gasteiger partial charge >= 0.3 is 0 Å². The fraction of sp³-hybridized carbons (Fsp3) is 0.357. The van der Waals surface area contributed by atoms with Gasteiger partial charge in [-0.3, -0.25) is 5.10 Å². The fourth-order valence-corrected chi connectivity index (χ4v) is 2.59. The quantitative estimate of drug-likeness (QED) is 0.800. The highest BCUT2D eigenvalue weighted by atomic mass is 32.2. The van der Waals surface area contributed by atoms with Gasteiger partial charge in [0.15, 0.2) is 9.84 Å². The lowest BCUT2D eigenvalue weighted by atomic mass is 10.1. The van der Waals surface area contributed by atoms with Gasteiger partial charge in [-0.1, -0.05) is 0 Å². The zero-order valence-corrected chi connectivity index (χ0v) is 12.5. The number of aromatic nitrogens is 2. The van der Waals surface area contributed by atoms with Crippen LogP contribution in [0.3, 0.4) is 0 Å². The summed E-state index contributed by atoms with van der Waals surface area (Å²) < 4.78 is 22.7. The van der Waals surface area contributed by atoms with Crippen LogP contribution in [-0.4, -0.2) is 31.4 Å². The Hall–Kier alpha value is -1.82. The summed E-state index contributed by atoms with van der Waals surface area (Å²) in [5.74, 6) is 0. The van der Waals surface area contributed by atoms with Crippen molar-refractivity contribution in [1.29, 1.82) is 0 Å². The Morgan fingerprint density at radius 3 is 2.50 bits per heavy atom. The standard InChI is InChI=1S/C14H19N3O2S/c1-11-12(10-16-17-11)4-3-9-15-13-5-7-14(8-6-13)20(2,18)19/h5-8,10,15H,3-4,9H2,1-2H3,(H,16,17). The molecule has 0 aliphatic carbocycles. The van der Waals surface area contributed by atoms with Crippen LogP contribution in [0.2, 0.25) is 0 Å². The molecule has 0 spiro atoms. The zero-order chi connectivity index (χ0) is 14.6. The predicted octanol–water partition coefficient (Wildman–Crippen LogP) is 2.17. The molecular weight excluding hydrogens is 274 g/mol. The second kappa shape index (κ2) is 6.09. The maximum absolute atomic E-state index is 11.3. The van der Waals surface area contributed by atoms with Gasteiger partial charge in [0.2, 0.25) is 0 Å². The van der Waals surface area contributed by atoms with Crippen molar-refractivity contribution in [2.45, 2.75) is 24.7 Å². The molecule has 0 saturated heterocycles. The normalized spacial score (nSPS) is 11.5. The minimum Gasteiger partial charge on any atom is -0.385 e. The summed E-state index contributed by atoms with van der Waals surface area (Å²) in [7, 11) is -3.12. The van der Waals surface area contributed by atoms with Crippen molar-refractivity contribution in [1.82, 2.24) is 10.2 Å². The number of benzene rings is 1. The number of nitrogens with zero attached hydrogens (tertiary/aromatic N) is 1. The van der Waals surface area contributed by atoms with E-state index in [9.17, 15) is 8.42 Å². The molecule has 0 aliphatic heterocycles. The molecule has 0 amide bonds. The molecule has 20 heavy (non-hydrogen) atoms. The van der Waals surface area contributed by atoms with Crippen LogP contribution >= 0.6 is 0 Å². The van der Waals surface area contributed by atoms with Gasteiger partial charge in [-0.25, -0.2) is 8.42 Å². The van der Waals surface area contributed by atoms with E-state index in [-0.39, 0.29) is 0 Å². The molecule has 0 fully saturated rings. The lowest BCUT2D eigenvalue weighted by Gasteiger charge is -2.07. The highest BCUT2D eigenvalue weighted by molar-refractivity contribution is 7.90. The first-order chi connectivity index (χ1) is 9.47. The van der Waals surface area contributed by atoms with Crippen molar-refractivity contribution in [2.24, 2.45) is 0 Å². The molecule has 1 heterocycles. The molecule has 2 aromatic rings. The third kappa shape index (κ3) is 3.84. The summed E-state index contributed by atoms with van der Waals surface area (Å²) >= 11 is 0. The number of hydrogen-bond donors (Lipinski definition) is 2. The number of H-pyrrole nitrogens is 1. The smallest absolute Gasteiger partial charge is 0.175 e. The zero-order valence-electron chi connectivity index (χ0n) is 11.7. The van der Waals surface area contributed by atoms with Crippen molar-refractivity contribution in [2.75, 3.05) is 18.1 Å². The van der Waals surface area contributed by atoms with Crippen molar-refractivity contribution in [3.63, 3.8) is 0 Å². The summed E-state index contributed by atoms with van der Waals surface area (Å²) in [6.45, 7) is 2.85. The molecule has 1 aromatic heterocycles. The third-order valence-electron chi connectivity index (χ3n) is 3.17. The van der Waals surface area contributed by atoms with Crippen LogP contribution in [-0.2, 0) is 16.3 Å². The van der Waals surface area contributed by atoms with Crippen LogP contribution in [0, 0.1) is 6.92 Å². The molecule has 0 saturated carbocycles. The Kier molecular flexibility index (Phi) is 4.44. The van der Waals surface area contributed by atoms with Crippen molar-refractivity contribution < 1.29 is 8.42 Å². The molecule has 6 heteroatoms. The number of hydrogen-bond acceptors (Lipinski definition) is 4. The Morgan fingerprint density at radius 2 is 1.95 bits per heavy atom. The van der Waals surface area contributed by atoms with Gasteiger partial charge < -0.3 is 5.32 Å². The number of aryl methyl sites for hydroxylation is 2. The molecule has 2 N–H and O–H groups in total. The van der Waals surface area contributed by atoms with Crippen LogP contribution in [0.5, 0.6) is 0 Å². The number of aromatic amines is 1. The highest BCUT2D eigenvalue weighted by Gasteiger charge is 2.05. The van der Waals surface area contributed by atoms with E-state index in [1.54, 1.807) is 24.3 Å². The van der Waals surface area contributed by atoms with E-state index in [4.69, 9.17) is 0 Å². The second-order valence-corrected chi connectivity index (χ2v) is 6.86. The average Bonchev–Trinajstić information content (AvgIpc) is 2.80. The molecule has 0 bridgehead atoms. The molecular formula is C14H19N3O2S. The first-order valence-corrected chi connectivity index (χ1v) is 8.39. The van der Waals surface area contributed by atoms with Crippen molar-refractivity contribution >= 4 is 15.5 Å². The van der Waals surface area contributed by atoms with Gasteiger partial charge in [-0.2, -0.15) is 5.10 Å². The van der Waals surface area contributed by atoms with E-state index < -0.39 is 9.84 Å². The maximum atomic E-state index is 11.3. The fourth-order valence-electron chi connectivity index (χ4n) is 1.96. The molecule has 0 aliphatic rings. The number of rotatable bonds is 6. The van der Waals surface area contributed by atoms with E-state index in [2.05, 4.69) is 15.5 Å². The van der Waals surface area contributed by atoms with Gasteiger partial charge in [0.1, 0.15) is 0 Å². The second-order valence-electron chi connectivity index (χ2n) is 4.85. The van der Waals surface area contributed by atoms with E-state index >= 15 is 0 Å². The van der Waals surface area contributed by atoms with Gasteiger partial charge in [0.25, 0.3) is 0 Å². The minimum absolute atomic E-state index is 0.345. The number of nitrogens with one attached hydrogen (secondary N) is 2. The first-order valence-electron chi connectivity index (χ1n) is 6.49. The summed E-state index contributed by atoms with van der Waals surface area (Å²) in [5, 5.41) is 10.2. The van der Waals surface area contributed by atoms with E-state index in [1.165, 1.54) is 11.8 Å². The molecule has 108 valence electrons. The summed E-state index contributed by atoms with van der Waals surface area (Å²) in [6.07, 6.45) is 5.03.